The Morgan fingerprint density at radius 3 is 2.32 bits per heavy atom. The van der Waals surface area contributed by atoms with E-state index in [4.69, 9.17) is 0 Å². The number of rotatable bonds is 7. The molecular formula is C25H33. The minimum Gasteiger partial charge on any atom is -0.0651 e. The lowest BCUT2D eigenvalue weighted by Crippen LogP contribution is -2.17. The highest BCUT2D eigenvalue weighted by Gasteiger charge is 2.23. The Labute approximate surface area is 154 Å². The second-order valence-electron chi connectivity index (χ2n) is 7.86. The molecule has 25 heavy (non-hydrogen) atoms. The number of benzene rings is 2. The Bertz CT molecular complexity index is 621. The topological polar surface area (TPSA) is 0 Å². The normalized spacial score (nSPS) is 16.9. The summed E-state index contributed by atoms with van der Waals surface area (Å²) in [5.41, 5.74) is 4.55. The van der Waals surface area contributed by atoms with Crippen LogP contribution in [0.25, 0.3) is 0 Å². The van der Waals surface area contributed by atoms with Gasteiger partial charge in [-0.2, -0.15) is 0 Å². The van der Waals surface area contributed by atoms with Crippen molar-refractivity contribution < 1.29 is 0 Å². The first-order valence-electron chi connectivity index (χ1n) is 10.3. The van der Waals surface area contributed by atoms with E-state index in [9.17, 15) is 0 Å². The lowest BCUT2D eigenvalue weighted by Gasteiger charge is -2.28. The van der Waals surface area contributed by atoms with E-state index in [1.54, 1.807) is 11.5 Å². The van der Waals surface area contributed by atoms with Crippen LogP contribution in [0.4, 0.5) is 0 Å². The first-order chi connectivity index (χ1) is 12.3. The third kappa shape index (κ3) is 4.97. The maximum Gasteiger partial charge on any atom is 0.0124 e. The van der Waals surface area contributed by atoms with Crippen LogP contribution < -0.4 is 0 Å². The number of hydrogen-bond acceptors (Lipinski definition) is 0. The van der Waals surface area contributed by atoms with Gasteiger partial charge >= 0.3 is 0 Å². The molecule has 0 heterocycles. The molecule has 0 aliphatic heterocycles. The Kier molecular flexibility index (Phi) is 6.73. The van der Waals surface area contributed by atoms with E-state index in [0.717, 1.165) is 12.3 Å². The van der Waals surface area contributed by atoms with E-state index >= 15 is 0 Å². The largest absolute Gasteiger partial charge is 0.0651 e. The van der Waals surface area contributed by atoms with Crippen LogP contribution in [0.2, 0.25) is 0 Å². The van der Waals surface area contributed by atoms with Gasteiger partial charge in [-0.25, -0.2) is 0 Å². The lowest BCUT2D eigenvalue weighted by atomic mass is 9.76. The molecule has 0 spiro atoms. The zero-order chi connectivity index (χ0) is 17.5. The van der Waals surface area contributed by atoms with Gasteiger partial charge in [0.05, 0.1) is 0 Å². The maximum absolute atomic E-state index is 2.40. The molecule has 0 bridgehead atoms. The summed E-state index contributed by atoms with van der Waals surface area (Å²) in [4.78, 5) is 0. The van der Waals surface area contributed by atoms with E-state index in [0.29, 0.717) is 5.92 Å². The van der Waals surface area contributed by atoms with Crippen LogP contribution in [0.3, 0.4) is 0 Å². The Morgan fingerprint density at radius 1 is 0.920 bits per heavy atom. The van der Waals surface area contributed by atoms with Crippen molar-refractivity contribution in [2.24, 2.45) is 11.8 Å². The second-order valence-corrected chi connectivity index (χ2v) is 7.86. The van der Waals surface area contributed by atoms with Gasteiger partial charge in [0.15, 0.2) is 0 Å². The summed E-state index contributed by atoms with van der Waals surface area (Å²) in [6.45, 7) is 4.72. The molecule has 0 saturated heterocycles. The van der Waals surface area contributed by atoms with Gasteiger partial charge in [0, 0.05) is 5.92 Å². The Morgan fingerprint density at radius 2 is 1.60 bits per heavy atom. The fourth-order valence-electron chi connectivity index (χ4n) is 4.31. The maximum atomic E-state index is 2.40. The summed E-state index contributed by atoms with van der Waals surface area (Å²) < 4.78 is 0. The van der Waals surface area contributed by atoms with Gasteiger partial charge in [-0.05, 0) is 41.4 Å². The zero-order valence-electron chi connectivity index (χ0n) is 16.0. The van der Waals surface area contributed by atoms with E-state index in [1.807, 2.05) is 0 Å². The predicted octanol–water partition coefficient (Wildman–Crippen LogP) is 7.02. The fraction of sp³-hybridized carbons (Fsp3) is 0.480. The highest BCUT2D eigenvalue weighted by atomic mass is 14.3. The quantitative estimate of drug-likeness (QED) is 0.510. The van der Waals surface area contributed by atoms with Gasteiger partial charge in [0.2, 0.25) is 0 Å². The summed E-state index contributed by atoms with van der Waals surface area (Å²) in [7, 11) is 0. The third-order valence-corrected chi connectivity index (χ3v) is 6.04. The average Bonchev–Trinajstić information content (AvgIpc) is 2.68. The molecule has 1 saturated carbocycles. The molecule has 1 radical (unpaired) electrons. The van der Waals surface area contributed by atoms with Crippen LogP contribution in [0.1, 0.15) is 69.1 Å². The van der Waals surface area contributed by atoms with Gasteiger partial charge in [-0.3, -0.25) is 0 Å². The molecule has 0 nitrogen and oxygen atoms in total. The van der Waals surface area contributed by atoms with Crippen LogP contribution in [0, 0.1) is 17.8 Å². The standard InChI is InChI=1S/C25H33/c1-3-20(2)25(19-22-14-8-5-9-15-22)24-17-11-10-16-23(24)18-21-12-6-4-7-13-21/h5,8-11,14-17,20-21H,3-4,6-7,12-13,18-19H2,1-2H3. The van der Waals surface area contributed by atoms with Crippen molar-refractivity contribution in [3.8, 4) is 0 Å². The SMILES string of the molecule is CCC(C)[C](Cc1ccccc1)c1ccccc1CC1CCCCC1. The van der Waals surface area contributed by atoms with Gasteiger partial charge in [-0.1, -0.05) is 107 Å². The fourth-order valence-corrected chi connectivity index (χ4v) is 4.31. The summed E-state index contributed by atoms with van der Waals surface area (Å²) in [6, 6.07) is 20.2. The van der Waals surface area contributed by atoms with Crippen LogP contribution in [-0.4, -0.2) is 0 Å². The van der Waals surface area contributed by atoms with E-state index in [2.05, 4.69) is 68.4 Å². The zero-order valence-corrected chi connectivity index (χ0v) is 16.0. The summed E-state index contributed by atoms with van der Waals surface area (Å²) in [5, 5.41) is 0. The highest BCUT2D eigenvalue weighted by Crippen LogP contribution is 2.35. The Hall–Kier alpha value is -1.56. The highest BCUT2D eigenvalue weighted by molar-refractivity contribution is 5.42. The Balaban J connectivity index is 1.84. The molecule has 1 aliphatic rings. The monoisotopic (exact) mass is 333 g/mol. The summed E-state index contributed by atoms with van der Waals surface area (Å²) in [5.74, 6) is 3.15. The van der Waals surface area contributed by atoms with Crippen molar-refractivity contribution in [1.29, 1.82) is 0 Å². The summed E-state index contributed by atoms with van der Waals surface area (Å²) in [6.07, 6.45) is 10.7. The number of hydrogen-bond donors (Lipinski definition) is 0. The van der Waals surface area contributed by atoms with Crippen LogP contribution >= 0.6 is 0 Å². The molecule has 0 heteroatoms. The van der Waals surface area contributed by atoms with Gasteiger partial charge in [-0.15, -0.1) is 0 Å². The van der Waals surface area contributed by atoms with Gasteiger partial charge in [0.25, 0.3) is 0 Å². The first kappa shape index (κ1) is 18.2. The van der Waals surface area contributed by atoms with Crippen LogP contribution in [-0.2, 0) is 12.8 Å². The molecule has 0 aromatic heterocycles. The predicted molar refractivity (Wildman–Crippen MR) is 109 cm³/mol. The molecule has 0 amide bonds. The van der Waals surface area contributed by atoms with Crippen LogP contribution in [0.5, 0.6) is 0 Å². The molecule has 3 rings (SSSR count). The molecule has 1 fully saturated rings. The molecule has 133 valence electrons. The first-order valence-corrected chi connectivity index (χ1v) is 10.3. The van der Waals surface area contributed by atoms with Gasteiger partial charge in [0.1, 0.15) is 0 Å². The third-order valence-electron chi connectivity index (χ3n) is 6.04. The minimum atomic E-state index is 0.632. The van der Waals surface area contributed by atoms with Crippen molar-refractivity contribution in [3.05, 3.63) is 77.2 Å². The average molecular weight is 334 g/mol. The van der Waals surface area contributed by atoms with Crippen molar-refractivity contribution >= 4 is 0 Å². The van der Waals surface area contributed by atoms with Crippen molar-refractivity contribution in [2.45, 2.75) is 65.2 Å². The molecule has 0 N–H and O–H groups in total. The van der Waals surface area contributed by atoms with Crippen molar-refractivity contribution in [3.63, 3.8) is 0 Å². The second kappa shape index (κ2) is 9.22. The molecule has 1 aliphatic carbocycles. The molecule has 2 aromatic carbocycles. The summed E-state index contributed by atoms with van der Waals surface area (Å²) >= 11 is 0. The minimum absolute atomic E-state index is 0.632. The molecule has 1 unspecified atom stereocenters. The molecule has 2 aromatic rings. The van der Waals surface area contributed by atoms with E-state index in [-0.39, 0.29) is 0 Å². The van der Waals surface area contributed by atoms with E-state index in [1.165, 1.54) is 56.1 Å². The van der Waals surface area contributed by atoms with Crippen molar-refractivity contribution in [1.82, 2.24) is 0 Å². The van der Waals surface area contributed by atoms with E-state index < -0.39 is 0 Å². The smallest absolute Gasteiger partial charge is 0.0124 e. The lowest BCUT2D eigenvalue weighted by molar-refractivity contribution is 0.356. The molecular weight excluding hydrogens is 300 g/mol. The van der Waals surface area contributed by atoms with Gasteiger partial charge < -0.3 is 0 Å². The van der Waals surface area contributed by atoms with Crippen molar-refractivity contribution in [2.75, 3.05) is 0 Å². The molecule has 1 atom stereocenters. The van der Waals surface area contributed by atoms with Crippen LogP contribution in [0.15, 0.2) is 54.6 Å².